The van der Waals surface area contributed by atoms with Gasteiger partial charge in [-0.25, -0.2) is 0 Å². The molecule has 15 heavy (non-hydrogen) atoms. The first-order valence-electron chi connectivity index (χ1n) is 6.20. The smallest absolute Gasteiger partial charge is 0.0628 e. The highest BCUT2D eigenvalue weighted by molar-refractivity contribution is 8.00. The van der Waals surface area contributed by atoms with Gasteiger partial charge in [0.25, 0.3) is 0 Å². The van der Waals surface area contributed by atoms with Crippen molar-refractivity contribution in [2.75, 3.05) is 6.54 Å². The molecule has 0 radical (unpaired) electrons. The van der Waals surface area contributed by atoms with Crippen LogP contribution in [0.2, 0.25) is 0 Å². The van der Waals surface area contributed by atoms with Crippen LogP contribution in [0.4, 0.5) is 0 Å². The summed E-state index contributed by atoms with van der Waals surface area (Å²) < 4.78 is 0. The third-order valence-corrected chi connectivity index (χ3v) is 4.79. The van der Waals surface area contributed by atoms with Crippen LogP contribution in [-0.4, -0.2) is 34.3 Å². The number of aliphatic hydroxyl groups is 1. The molecule has 2 nitrogen and oxygen atoms in total. The minimum Gasteiger partial charge on any atom is -0.392 e. The van der Waals surface area contributed by atoms with E-state index in [2.05, 4.69) is 19.2 Å². The molecule has 3 heteroatoms. The average molecular weight is 231 g/mol. The van der Waals surface area contributed by atoms with Crippen LogP contribution in [0.3, 0.4) is 0 Å². The molecule has 0 spiro atoms. The fourth-order valence-corrected chi connectivity index (χ4v) is 3.46. The Kier molecular flexibility index (Phi) is 6.02. The molecule has 0 aromatic rings. The fourth-order valence-electron chi connectivity index (χ4n) is 2.01. The van der Waals surface area contributed by atoms with Gasteiger partial charge in [0.1, 0.15) is 0 Å². The van der Waals surface area contributed by atoms with Gasteiger partial charge in [-0.05, 0) is 39.2 Å². The summed E-state index contributed by atoms with van der Waals surface area (Å²) in [7, 11) is 0. The van der Waals surface area contributed by atoms with Gasteiger partial charge >= 0.3 is 0 Å². The molecule has 1 aliphatic rings. The fraction of sp³-hybridized carbons (Fsp3) is 1.00. The van der Waals surface area contributed by atoms with Crippen molar-refractivity contribution < 1.29 is 5.11 Å². The van der Waals surface area contributed by atoms with Crippen molar-refractivity contribution in [2.24, 2.45) is 0 Å². The Morgan fingerprint density at radius 1 is 1.40 bits per heavy atom. The predicted octanol–water partition coefficient (Wildman–Crippen LogP) is 2.41. The molecule has 0 aliphatic heterocycles. The lowest BCUT2D eigenvalue weighted by Crippen LogP contribution is -2.27. The van der Waals surface area contributed by atoms with E-state index in [1.807, 2.05) is 18.7 Å². The first kappa shape index (κ1) is 13.3. The number of nitrogens with one attached hydrogen (secondary N) is 1. The van der Waals surface area contributed by atoms with Crippen LogP contribution in [0.25, 0.3) is 0 Å². The zero-order valence-corrected chi connectivity index (χ0v) is 11.0. The predicted molar refractivity (Wildman–Crippen MR) is 68.5 cm³/mol. The van der Waals surface area contributed by atoms with Gasteiger partial charge in [-0.15, -0.1) is 0 Å². The molecule has 4 unspecified atom stereocenters. The molecule has 1 fully saturated rings. The number of hydrogen-bond acceptors (Lipinski definition) is 3. The highest BCUT2D eigenvalue weighted by atomic mass is 32.2. The van der Waals surface area contributed by atoms with Gasteiger partial charge in [0, 0.05) is 16.5 Å². The Bertz CT molecular complexity index is 175. The van der Waals surface area contributed by atoms with Crippen molar-refractivity contribution in [3.8, 4) is 0 Å². The summed E-state index contributed by atoms with van der Waals surface area (Å²) in [6.45, 7) is 7.37. The second-order valence-corrected chi connectivity index (χ2v) is 6.35. The lowest BCUT2D eigenvalue weighted by molar-refractivity contribution is 0.196. The Morgan fingerprint density at radius 2 is 2.13 bits per heavy atom. The Balaban J connectivity index is 2.18. The molecule has 0 bridgehead atoms. The molecule has 2 N–H and O–H groups in total. The van der Waals surface area contributed by atoms with Gasteiger partial charge in [-0.3, -0.25) is 0 Å². The van der Waals surface area contributed by atoms with Crippen molar-refractivity contribution >= 4 is 11.8 Å². The lowest BCUT2D eigenvalue weighted by atomic mass is 10.2. The van der Waals surface area contributed by atoms with Crippen LogP contribution in [0.1, 0.15) is 46.5 Å². The van der Waals surface area contributed by atoms with Crippen molar-refractivity contribution in [3.05, 3.63) is 0 Å². The van der Waals surface area contributed by atoms with Crippen LogP contribution in [0.5, 0.6) is 0 Å². The Hall–Kier alpha value is 0.270. The maximum Gasteiger partial charge on any atom is 0.0628 e. The van der Waals surface area contributed by atoms with Crippen LogP contribution in [0, 0.1) is 0 Å². The molecule has 0 aromatic carbocycles. The van der Waals surface area contributed by atoms with Crippen LogP contribution >= 0.6 is 11.8 Å². The highest BCUT2D eigenvalue weighted by Gasteiger charge is 2.26. The van der Waals surface area contributed by atoms with E-state index in [4.69, 9.17) is 0 Å². The molecular formula is C12H25NOS. The molecule has 1 rings (SSSR count). The first-order chi connectivity index (χ1) is 7.13. The van der Waals surface area contributed by atoms with E-state index in [-0.39, 0.29) is 6.10 Å². The summed E-state index contributed by atoms with van der Waals surface area (Å²) >= 11 is 1.96. The Labute approximate surface area is 98.2 Å². The molecule has 0 heterocycles. The van der Waals surface area contributed by atoms with Crippen LogP contribution < -0.4 is 5.32 Å². The summed E-state index contributed by atoms with van der Waals surface area (Å²) in [4.78, 5) is 0. The Morgan fingerprint density at radius 3 is 2.73 bits per heavy atom. The molecule has 1 saturated carbocycles. The van der Waals surface area contributed by atoms with Gasteiger partial charge in [0.2, 0.25) is 0 Å². The van der Waals surface area contributed by atoms with E-state index < -0.39 is 0 Å². The first-order valence-corrected chi connectivity index (χ1v) is 7.14. The number of rotatable bonds is 6. The van der Waals surface area contributed by atoms with Gasteiger partial charge in [0.15, 0.2) is 0 Å². The van der Waals surface area contributed by atoms with Gasteiger partial charge in [-0.1, -0.05) is 13.8 Å². The van der Waals surface area contributed by atoms with Crippen LogP contribution in [0.15, 0.2) is 0 Å². The zero-order valence-electron chi connectivity index (χ0n) is 10.2. The standard InChI is InChI=1S/C12H25NOS/c1-4-7-13-11-5-6-12(8-11)15-10(3)9(2)14/h9-14H,4-8H2,1-3H3. The lowest BCUT2D eigenvalue weighted by Gasteiger charge is -2.19. The van der Waals surface area contributed by atoms with Gasteiger partial charge < -0.3 is 10.4 Å². The molecule has 0 aromatic heterocycles. The van der Waals surface area contributed by atoms with Gasteiger partial charge in [-0.2, -0.15) is 11.8 Å². The largest absolute Gasteiger partial charge is 0.392 e. The maximum absolute atomic E-state index is 9.45. The van der Waals surface area contributed by atoms with E-state index in [9.17, 15) is 5.11 Å². The van der Waals surface area contributed by atoms with Crippen molar-refractivity contribution in [2.45, 2.75) is 69.1 Å². The number of aliphatic hydroxyl groups excluding tert-OH is 1. The summed E-state index contributed by atoms with van der Waals surface area (Å²) in [6.07, 6.45) is 4.94. The van der Waals surface area contributed by atoms with Crippen LogP contribution in [-0.2, 0) is 0 Å². The minimum atomic E-state index is -0.183. The van der Waals surface area contributed by atoms with E-state index in [1.165, 1.54) is 25.7 Å². The third kappa shape index (κ3) is 4.75. The quantitative estimate of drug-likeness (QED) is 0.736. The maximum atomic E-state index is 9.45. The van der Waals surface area contributed by atoms with E-state index in [1.54, 1.807) is 0 Å². The monoisotopic (exact) mass is 231 g/mol. The van der Waals surface area contributed by atoms with Crippen molar-refractivity contribution in [3.63, 3.8) is 0 Å². The molecule has 0 saturated heterocycles. The second-order valence-electron chi connectivity index (χ2n) is 4.67. The summed E-state index contributed by atoms with van der Waals surface area (Å²) in [5.41, 5.74) is 0. The number of hydrogen-bond donors (Lipinski definition) is 2. The molecule has 0 amide bonds. The zero-order chi connectivity index (χ0) is 11.3. The molecule has 1 aliphatic carbocycles. The van der Waals surface area contributed by atoms with E-state index in [0.717, 1.165) is 17.8 Å². The normalized spacial score (nSPS) is 30.4. The third-order valence-electron chi connectivity index (χ3n) is 3.15. The average Bonchev–Trinajstić information content (AvgIpc) is 2.62. The summed E-state index contributed by atoms with van der Waals surface area (Å²) in [6, 6.07) is 0.726. The topological polar surface area (TPSA) is 32.3 Å². The van der Waals surface area contributed by atoms with E-state index >= 15 is 0 Å². The second kappa shape index (κ2) is 6.77. The molecular weight excluding hydrogens is 206 g/mol. The molecule has 90 valence electrons. The van der Waals surface area contributed by atoms with Gasteiger partial charge in [0.05, 0.1) is 6.10 Å². The number of thioether (sulfide) groups is 1. The molecule has 4 atom stereocenters. The SMILES string of the molecule is CCCNC1CCC(SC(C)C(C)O)C1. The highest BCUT2D eigenvalue weighted by Crippen LogP contribution is 2.33. The minimum absolute atomic E-state index is 0.183. The summed E-state index contributed by atoms with van der Waals surface area (Å²) in [5, 5.41) is 14.2. The summed E-state index contributed by atoms with van der Waals surface area (Å²) in [5.74, 6) is 0. The van der Waals surface area contributed by atoms with E-state index in [0.29, 0.717) is 5.25 Å². The van der Waals surface area contributed by atoms with Crippen molar-refractivity contribution in [1.82, 2.24) is 5.32 Å². The van der Waals surface area contributed by atoms with Crippen molar-refractivity contribution in [1.29, 1.82) is 0 Å².